The minimum absolute atomic E-state index is 0.130. The summed E-state index contributed by atoms with van der Waals surface area (Å²) >= 11 is 0. The summed E-state index contributed by atoms with van der Waals surface area (Å²) in [4.78, 5) is 11.7. The fourth-order valence-electron chi connectivity index (χ4n) is 1.78. The molecule has 5 heteroatoms. The van der Waals surface area contributed by atoms with Crippen molar-refractivity contribution >= 4 is 5.91 Å². The Morgan fingerprint density at radius 2 is 2.60 bits per heavy atom. The number of carbonyl (C=O) groups excluding carboxylic acids is 1. The first kappa shape index (κ1) is 10.2. The van der Waals surface area contributed by atoms with Crippen LogP contribution < -0.4 is 10.6 Å². The van der Waals surface area contributed by atoms with Crippen LogP contribution in [-0.2, 0) is 11.3 Å². The van der Waals surface area contributed by atoms with E-state index in [0.717, 1.165) is 31.5 Å². The molecule has 1 aliphatic heterocycles. The fourth-order valence-corrected chi connectivity index (χ4v) is 1.78. The van der Waals surface area contributed by atoms with Crippen molar-refractivity contribution in [3.05, 3.63) is 18.0 Å². The summed E-state index contributed by atoms with van der Waals surface area (Å²) in [5.74, 6) is 0.272. The number of amides is 1. The fraction of sp³-hybridized carbons (Fsp3) is 0.600. The molecule has 1 aromatic heterocycles. The van der Waals surface area contributed by atoms with Gasteiger partial charge in [-0.3, -0.25) is 9.89 Å². The van der Waals surface area contributed by atoms with Crippen molar-refractivity contribution in [1.82, 2.24) is 20.8 Å². The normalized spacial score (nSPS) is 21.2. The number of rotatable bonds is 3. The Morgan fingerprint density at radius 1 is 1.67 bits per heavy atom. The Labute approximate surface area is 88.6 Å². The molecule has 1 unspecified atom stereocenters. The first-order valence-electron chi connectivity index (χ1n) is 5.32. The second kappa shape index (κ2) is 4.93. The molecule has 2 heterocycles. The molecule has 0 aromatic carbocycles. The minimum Gasteiger partial charge on any atom is -0.352 e. The smallest absolute Gasteiger partial charge is 0.224 e. The number of piperidine rings is 1. The highest BCUT2D eigenvalue weighted by molar-refractivity contribution is 5.78. The summed E-state index contributed by atoms with van der Waals surface area (Å²) < 4.78 is 0. The summed E-state index contributed by atoms with van der Waals surface area (Å²) in [5, 5.41) is 12.7. The zero-order valence-corrected chi connectivity index (χ0v) is 8.62. The van der Waals surface area contributed by atoms with Gasteiger partial charge in [-0.1, -0.05) is 0 Å². The molecule has 2 rings (SSSR count). The van der Waals surface area contributed by atoms with Gasteiger partial charge in [0.15, 0.2) is 0 Å². The molecule has 0 spiro atoms. The third kappa shape index (κ3) is 2.79. The molecule has 15 heavy (non-hydrogen) atoms. The van der Waals surface area contributed by atoms with Gasteiger partial charge in [0, 0.05) is 24.8 Å². The van der Waals surface area contributed by atoms with Crippen LogP contribution >= 0.6 is 0 Å². The van der Waals surface area contributed by atoms with Crippen LogP contribution in [0.15, 0.2) is 12.4 Å². The van der Waals surface area contributed by atoms with Crippen molar-refractivity contribution in [3.8, 4) is 0 Å². The average molecular weight is 208 g/mol. The standard InChI is InChI=1S/C10H16N4O/c15-10(9-2-1-3-11-7-9)12-4-8-5-13-14-6-8/h5-6,9,11H,1-4,7H2,(H,12,15)(H,13,14). The summed E-state index contributed by atoms with van der Waals surface area (Å²) in [7, 11) is 0. The third-order valence-corrected chi connectivity index (χ3v) is 2.69. The number of nitrogens with zero attached hydrogens (tertiary/aromatic N) is 1. The maximum Gasteiger partial charge on any atom is 0.224 e. The van der Waals surface area contributed by atoms with Crippen LogP contribution in [0, 0.1) is 5.92 Å². The third-order valence-electron chi connectivity index (χ3n) is 2.69. The molecule has 0 bridgehead atoms. The largest absolute Gasteiger partial charge is 0.352 e. The lowest BCUT2D eigenvalue weighted by Gasteiger charge is -2.21. The quantitative estimate of drug-likeness (QED) is 0.656. The molecule has 1 fully saturated rings. The predicted molar refractivity (Wildman–Crippen MR) is 56.0 cm³/mol. The molecule has 5 nitrogen and oxygen atoms in total. The van der Waals surface area contributed by atoms with Crippen LogP contribution in [0.1, 0.15) is 18.4 Å². The molecule has 3 N–H and O–H groups in total. The molecular formula is C10H16N4O. The van der Waals surface area contributed by atoms with Gasteiger partial charge in [0.1, 0.15) is 0 Å². The molecule has 1 atom stereocenters. The Balaban J connectivity index is 1.76. The van der Waals surface area contributed by atoms with Crippen molar-refractivity contribution in [1.29, 1.82) is 0 Å². The van der Waals surface area contributed by atoms with E-state index >= 15 is 0 Å². The van der Waals surface area contributed by atoms with Crippen LogP contribution in [0.25, 0.3) is 0 Å². The number of nitrogens with one attached hydrogen (secondary N) is 3. The van der Waals surface area contributed by atoms with Crippen molar-refractivity contribution < 1.29 is 4.79 Å². The highest BCUT2D eigenvalue weighted by atomic mass is 16.1. The van der Waals surface area contributed by atoms with E-state index in [4.69, 9.17) is 0 Å². The molecule has 0 radical (unpaired) electrons. The van der Waals surface area contributed by atoms with Gasteiger partial charge < -0.3 is 10.6 Å². The second-order valence-corrected chi connectivity index (χ2v) is 3.87. The number of carbonyl (C=O) groups is 1. The van der Waals surface area contributed by atoms with E-state index in [1.807, 2.05) is 0 Å². The first-order valence-corrected chi connectivity index (χ1v) is 5.32. The van der Waals surface area contributed by atoms with E-state index in [9.17, 15) is 4.79 Å². The second-order valence-electron chi connectivity index (χ2n) is 3.87. The molecule has 1 aromatic rings. The molecule has 0 aliphatic carbocycles. The number of hydrogen-bond acceptors (Lipinski definition) is 3. The van der Waals surface area contributed by atoms with Crippen molar-refractivity contribution in [2.75, 3.05) is 13.1 Å². The zero-order valence-electron chi connectivity index (χ0n) is 8.62. The van der Waals surface area contributed by atoms with Gasteiger partial charge in [-0.05, 0) is 19.4 Å². The van der Waals surface area contributed by atoms with Crippen molar-refractivity contribution in [2.45, 2.75) is 19.4 Å². The van der Waals surface area contributed by atoms with Gasteiger partial charge in [-0.25, -0.2) is 0 Å². The Bertz CT molecular complexity index is 303. The maximum absolute atomic E-state index is 11.7. The van der Waals surface area contributed by atoms with Gasteiger partial charge in [-0.15, -0.1) is 0 Å². The topological polar surface area (TPSA) is 69.8 Å². The minimum atomic E-state index is 0.130. The van der Waals surface area contributed by atoms with E-state index < -0.39 is 0 Å². The summed E-state index contributed by atoms with van der Waals surface area (Å²) in [5.41, 5.74) is 1.01. The molecule has 1 amide bonds. The van der Waals surface area contributed by atoms with Crippen LogP contribution in [0.5, 0.6) is 0 Å². The van der Waals surface area contributed by atoms with Gasteiger partial charge in [-0.2, -0.15) is 5.10 Å². The monoisotopic (exact) mass is 208 g/mol. The number of aromatic amines is 1. The van der Waals surface area contributed by atoms with E-state index in [-0.39, 0.29) is 11.8 Å². The van der Waals surface area contributed by atoms with Crippen LogP contribution in [-0.4, -0.2) is 29.2 Å². The average Bonchev–Trinajstić information content (AvgIpc) is 2.80. The van der Waals surface area contributed by atoms with Crippen LogP contribution in [0.3, 0.4) is 0 Å². The lowest BCUT2D eigenvalue weighted by molar-refractivity contribution is -0.125. The van der Waals surface area contributed by atoms with E-state index in [1.54, 1.807) is 12.4 Å². The van der Waals surface area contributed by atoms with Crippen LogP contribution in [0.2, 0.25) is 0 Å². The zero-order chi connectivity index (χ0) is 10.5. The van der Waals surface area contributed by atoms with E-state index in [2.05, 4.69) is 20.8 Å². The Kier molecular flexibility index (Phi) is 3.34. The van der Waals surface area contributed by atoms with Gasteiger partial charge in [0.2, 0.25) is 5.91 Å². The molecule has 1 saturated heterocycles. The van der Waals surface area contributed by atoms with E-state index in [1.165, 1.54) is 0 Å². The van der Waals surface area contributed by atoms with Gasteiger partial charge >= 0.3 is 0 Å². The SMILES string of the molecule is O=C(NCc1cn[nH]c1)C1CCCNC1. The highest BCUT2D eigenvalue weighted by Crippen LogP contribution is 2.09. The molecule has 1 aliphatic rings. The van der Waals surface area contributed by atoms with E-state index in [0.29, 0.717) is 6.54 Å². The first-order chi connectivity index (χ1) is 7.36. The summed E-state index contributed by atoms with van der Waals surface area (Å²) in [6, 6.07) is 0. The highest BCUT2D eigenvalue weighted by Gasteiger charge is 2.20. The number of H-pyrrole nitrogens is 1. The molecule has 0 saturated carbocycles. The van der Waals surface area contributed by atoms with Crippen molar-refractivity contribution in [3.63, 3.8) is 0 Å². The lowest BCUT2D eigenvalue weighted by atomic mass is 9.99. The molecule has 82 valence electrons. The Hall–Kier alpha value is -1.36. The lowest BCUT2D eigenvalue weighted by Crippen LogP contribution is -2.40. The maximum atomic E-state index is 11.7. The van der Waals surface area contributed by atoms with Gasteiger partial charge in [0.05, 0.1) is 12.1 Å². The number of hydrogen-bond donors (Lipinski definition) is 3. The summed E-state index contributed by atoms with van der Waals surface area (Å²) in [6.45, 7) is 2.40. The summed E-state index contributed by atoms with van der Waals surface area (Å²) in [6.07, 6.45) is 5.59. The predicted octanol–water partition coefficient (Wildman–Crippen LogP) is 0.0255. The van der Waals surface area contributed by atoms with Crippen LogP contribution in [0.4, 0.5) is 0 Å². The number of aromatic nitrogens is 2. The Morgan fingerprint density at radius 3 is 3.27 bits per heavy atom. The molecular weight excluding hydrogens is 192 g/mol. The van der Waals surface area contributed by atoms with Gasteiger partial charge in [0.25, 0.3) is 0 Å². The van der Waals surface area contributed by atoms with Crippen molar-refractivity contribution in [2.24, 2.45) is 5.92 Å².